The monoisotopic (exact) mass is 499 g/mol. The topological polar surface area (TPSA) is 75.4 Å². The van der Waals surface area contributed by atoms with Gasteiger partial charge in [0.15, 0.2) is 0 Å². The average Bonchev–Trinajstić information content (AvgIpc) is 3.37. The highest BCUT2D eigenvalue weighted by molar-refractivity contribution is 9.10. The maximum atomic E-state index is 13.0. The molecular formula is C23H19BrClN3O3. The molecule has 2 aromatic carbocycles. The molecule has 1 fully saturated rings. The van der Waals surface area contributed by atoms with Crippen molar-refractivity contribution < 1.29 is 14.7 Å². The molecule has 31 heavy (non-hydrogen) atoms. The number of rotatable bonds is 6. The van der Waals surface area contributed by atoms with Crippen molar-refractivity contribution in [1.82, 2.24) is 14.5 Å². The number of aryl methyl sites for hydroxylation is 1. The van der Waals surface area contributed by atoms with Gasteiger partial charge in [-0.2, -0.15) is 0 Å². The maximum absolute atomic E-state index is 13.0. The molecule has 1 aromatic heterocycles. The van der Waals surface area contributed by atoms with Gasteiger partial charge < -0.3 is 14.6 Å². The molecule has 8 heteroatoms. The summed E-state index contributed by atoms with van der Waals surface area (Å²) in [5.74, 6) is -1.50. The number of halogens is 2. The first-order valence-electron chi connectivity index (χ1n) is 9.71. The number of imidazole rings is 1. The van der Waals surface area contributed by atoms with E-state index in [4.69, 9.17) is 11.6 Å². The summed E-state index contributed by atoms with van der Waals surface area (Å²) in [5.41, 5.74) is 1.26. The van der Waals surface area contributed by atoms with Crippen molar-refractivity contribution in [2.24, 2.45) is 0 Å². The van der Waals surface area contributed by atoms with Gasteiger partial charge in [0.1, 0.15) is 5.76 Å². The summed E-state index contributed by atoms with van der Waals surface area (Å²) >= 11 is 9.40. The average molecular weight is 501 g/mol. The van der Waals surface area contributed by atoms with Gasteiger partial charge >= 0.3 is 0 Å². The number of hydrogen-bond donors (Lipinski definition) is 1. The van der Waals surface area contributed by atoms with E-state index >= 15 is 0 Å². The molecule has 1 N–H and O–H groups in total. The lowest BCUT2D eigenvalue weighted by atomic mass is 9.95. The highest BCUT2D eigenvalue weighted by Crippen LogP contribution is 2.39. The minimum atomic E-state index is -0.692. The van der Waals surface area contributed by atoms with E-state index in [1.54, 1.807) is 61.1 Å². The normalized spacial score (nSPS) is 18.0. The number of amides is 1. The van der Waals surface area contributed by atoms with Crippen LogP contribution in [-0.4, -0.2) is 37.8 Å². The Morgan fingerprint density at radius 1 is 1.06 bits per heavy atom. The number of ketones is 1. The number of benzene rings is 2. The number of hydrogen-bond acceptors (Lipinski definition) is 4. The quantitative estimate of drug-likeness (QED) is 0.299. The zero-order valence-electron chi connectivity index (χ0n) is 16.4. The molecule has 0 radical (unpaired) electrons. The molecule has 3 aromatic rings. The Bertz CT molecular complexity index is 1130. The molecule has 1 amide bonds. The second-order valence-electron chi connectivity index (χ2n) is 7.20. The van der Waals surface area contributed by atoms with Crippen molar-refractivity contribution in [2.45, 2.75) is 19.0 Å². The van der Waals surface area contributed by atoms with Gasteiger partial charge in [0, 0.05) is 40.5 Å². The lowest BCUT2D eigenvalue weighted by molar-refractivity contribution is -0.139. The first kappa shape index (κ1) is 21.3. The molecule has 6 nitrogen and oxygen atoms in total. The van der Waals surface area contributed by atoms with E-state index in [1.165, 1.54) is 4.90 Å². The van der Waals surface area contributed by atoms with Gasteiger partial charge in [-0.3, -0.25) is 9.59 Å². The summed E-state index contributed by atoms with van der Waals surface area (Å²) in [5, 5.41) is 11.6. The lowest BCUT2D eigenvalue weighted by Gasteiger charge is -2.25. The number of carbonyl (C=O) groups excluding carboxylic acids is 2. The van der Waals surface area contributed by atoms with Gasteiger partial charge in [-0.05, 0) is 36.2 Å². The Labute approximate surface area is 192 Å². The molecule has 1 aliphatic heterocycles. The second-order valence-corrected chi connectivity index (χ2v) is 8.56. The largest absolute Gasteiger partial charge is 0.507 e. The Kier molecular flexibility index (Phi) is 6.25. The van der Waals surface area contributed by atoms with Crippen LogP contribution >= 0.6 is 27.5 Å². The molecule has 4 rings (SSSR count). The van der Waals surface area contributed by atoms with Gasteiger partial charge in [-0.15, -0.1) is 0 Å². The van der Waals surface area contributed by atoms with Gasteiger partial charge in [0.25, 0.3) is 11.7 Å². The number of likely N-dealkylation sites (tertiary alicyclic amines) is 1. The molecule has 0 bridgehead atoms. The standard InChI is InChI=1S/C23H19BrClN3O3/c24-17-6-2-16(3-7-17)21(29)19-20(15-4-8-18(25)9-5-15)28(23(31)22(19)30)12-1-11-27-13-10-26-14-27/h2-10,13-14,20,29H,1,11-12H2. The third kappa shape index (κ3) is 4.43. The van der Waals surface area contributed by atoms with Crippen LogP contribution in [0.15, 0.2) is 77.3 Å². The van der Waals surface area contributed by atoms with E-state index in [-0.39, 0.29) is 11.3 Å². The number of carbonyl (C=O) groups is 2. The number of Topliss-reactive ketones (excluding diaryl/α,β-unsaturated/α-hetero) is 1. The van der Waals surface area contributed by atoms with Crippen LogP contribution in [0.25, 0.3) is 5.76 Å². The molecule has 0 saturated carbocycles. The van der Waals surface area contributed by atoms with Crippen LogP contribution in [0.5, 0.6) is 0 Å². The summed E-state index contributed by atoms with van der Waals surface area (Å²) in [6.45, 7) is 1.01. The third-order valence-electron chi connectivity index (χ3n) is 5.22. The van der Waals surface area contributed by atoms with Crippen LogP contribution in [0.3, 0.4) is 0 Å². The fraction of sp³-hybridized carbons (Fsp3) is 0.174. The lowest BCUT2D eigenvalue weighted by Crippen LogP contribution is -2.31. The van der Waals surface area contributed by atoms with Crippen LogP contribution in [0.2, 0.25) is 5.02 Å². The number of aliphatic hydroxyl groups excluding tert-OH is 1. The summed E-state index contributed by atoms with van der Waals surface area (Å²) in [4.78, 5) is 31.4. The van der Waals surface area contributed by atoms with Crippen molar-refractivity contribution in [3.8, 4) is 0 Å². The van der Waals surface area contributed by atoms with Gasteiger partial charge in [-0.1, -0.05) is 51.8 Å². The fourth-order valence-electron chi connectivity index (χ4n) is 3.71. The molecule has 158 valence electrons. The maximum Gasteiger partial charge on any atom is 0.295 e. The van der Waals surface area contributed by atoms with Crippen LogP contribution in [0, 0.1) is 0 Å². The minimum Gasteiger partial charge on any atom is -0.507 e. The fourth-order valence-corrected chi connectivity index (χ4v) is 4.10. The van der Waals surface area contributed by atoms with E-state index in [0.717, 1.165) is 4.47 Å². The Morgan fingerprint density at radius 3 is 2.42 bits per heavy atom. The molecule has 2 heterocycles. The highest BCUT2D eigenvalue weighted by Gasteiger charge is 2.45. The molecule has 1 atom stereocenters. The first-order valence-corrected chi connectivity index (χ1v) is 10.9. The molecule has 0 spiro atoms. The van der Waals surface area contributed by atoms with E-state index in [1.807, 2.05) is 10.8 Å². The number of aliphatic hydroxyl groups is 1. The van der Waals surface area contributed by atoms with Crippen LogP contribution in [0.4, 0.5) is 0 Å². The van der Waals surface area contributed by atoms with Gasteiger partial charge in [0.2, 0.25) is 0 Å². The van der Waals surface area contributed by atoms with Crippen molar-refractivity contribution in [2.75, 3.05) is 6.54 Å². The van der Waals surface area contributed by atoms with E-state index < -0.39 is 17.7 Å². The summed E-state index contributed by atoms with van der Waals surface area (Å²) < 4.78 is 2.76. The first-order chi connectivity index (χ1) is 15.0. The van der Waals surface area contributed by atoms with Crippen molar-refractivity contribution in [1.29, 1.82) is 0 Å². The SMILES string of the molecule is O=C1C(=O)N(CCCn2ccnc2)C(c2ccc(Cl)cc2)C1=C(O)c1ccc(Br)cc1. The zero-order valence-corrected chi connectivity index (χ0v) is 18.8. The van der Waals surface area contributed by atoms with Crippen LogP contribution < -0.4 is 0 Å². The summed E-state index contributed by atoms with van der Waals surface area (Å²) in [6.07, 6.45) is 5.88. The Balaban J connectivity index is 1.72. The van der Waals surface area contributed by atoms with Crippen molar-refractivity contribution in [3.05, 3.63) is 93.4 Å². The third-order valence-corrected chi connectivity index (χ3v) is 6.00. The molecule has 1 unspecified atom stereocenters. The predicted molar refractivity (Wildman–Crippen MR) is 121 cm³/mol. The van der Waals surface area contributed by atoms with Gasteiger partial charge in [0.05, 0.1) is 17.9 Å². The van der Waals surface area contributed by atoms with E-state index in [9.17, 15) is 14.7 Å². The summed E-state index contributed by atoms with van der Waals surface area (Å²) in [6, 6.07) is 13.2. The highest BCUT2D eigenvalue weighted by atomic mass is 79.9. The molecular weight excluding hydrogens is 482 g/mol. The molecule has 0 aliphatic carbocycles. The van der Waals surface area contributed by atoms with Crippen molar-refractivity contribution in [3.63, 3.8) is 0 Å². The predicted octanol–water partition coefficient (Wildman–Crippen LogP) is 4.81. The molecule has 1 saturated heterocycles. The zero-order chi connectivity index (χ0) is 22.0. The second kappa shape index (κ2) is 9.08. The Morgan fingerprint density at radius 2 is 1.77 bits per heavy atom. The summed E-state index contributed by atoms with van der Waals surface area (Å²) in [7, 11) is 0. The van der Waals surface area contributed by atoms with E-state index in [2.05, 4.69) is 20.9 Å². The Hall–Kier alpha value is -2.90. The molecule has 1 aliphatic rings. The van der Waals surface area contributed by atoms with Crippen molar-refractivity contribution >= 4 is 45.0 Å². The van der Waals surface area contributed by atoms with Crippen LogP contribution in [0.1, 0.15) is 23.6 Å². The number of nitrogens with zero attached hydrogens (tertiary/aromatic N) is 3. The minimum absolute atomic E-state index is 0.0808. The van der Waals surface area contributed by atoms with Crippen LogP contribution in [-0.2, 0) is 16.1 Å². The van der Waals surface area contributed by atoms with Gasteiger partial charge in [-0.25, -0.2) is 4.98 Å². The van der Waals surface area contributed by atoms with E-state index in [0.29, 0.717) is 35.7 Å². The number of aromatic nitrogens is 2. The smallest absolute Gasteiger partial charge is 0.295 e.